The molecule has 1 N–H and O–H groups in total. The largest absolute Gasteiger partial charge is 0.416 e. The second-order valence-corrected chi connectivity index (χ2v) is 8.19. The Morgan fingerprint density at radius 3 is 2.44 bits per heavy atom. The molecule has 0 atom stereocenters. The Kier molecular flexibility index (Phi) is 6.87. The summed E-state index contributed by atoms with van der Waals surface area (Å²) in [6.07, 6.45) is -3.33. The zero-order valence-electron chi connectivity index (χ0n) is 18.4. The van der Waals surface area contributed by atoms with E-state index in [1.165, 1.54) is 12.1 Å². The molecule has 0 radical (unpaired) electrons. The maximum Gasteiger partial charge on any atom is 0.416 e. The van der Waals surface area contributed by atoms with Crippen LogP contribution in [-0.4, -0.2) is 36.3 Å². The average Bonchev–Trinajstić information content (AvgIpc) is 2.85. The number of nitrogens with zero attached hydrogens (tertiary/aromatic N) is 1. The lowest BCUT2D eigenvalue weighted by Crippen LogP contribution is -2.43. The minimum Gasteiger partial charge on any atom is -0.345 e. The number of fused-ring (bicyclic) bond motifs is 1. The summed E-state index contributed by atoms with van der Waals surface area (Å²) in [5.41, 5.74) is 0.142. The molecular formula is C27H23F3N2O2. The van der Waals surface area contributed by atoms with E-state index in [0.29, 0.717) is 31.5 Å². The molecule has 0 aromatic heterocycles. The number of benzene rings is 3. The molecular weight excluding hydrogens is 441 g/mol. The lowest BCUT2D eigenvalue weighted by molar-refractivity contribution is -0.137. The number of nitrogens with one attached hydrogen (secondary N) is 1. The van der Waals surface area contributed by atoms with E-state index in [1.807, 2.05) is 42.5 Å². The van der Waals surface area contributed by atoms with Crippen molar-refractivity contribution >= 4 is 22.6 Å². The first-order valence-corrected chi connectivity index (χ1v) is 11.0. The van der Waals surface area contributed by atoms with Crippen molar-refractivity contribution in [2.75, 3.05) is 19.6 Å². The zero-order chi connectivity index (χ0) is 24.1. The fourth-order valence-corrected chi connectivity index (χ4v) is 4.12. The molecule has 174 valence electrons. The van der Waals surface area contributed by atoms with Crippen molar-refractivity contribution in [3.05, 3.63) is 83.4 Å². The maximum atomic E-state index is 13.1. The topological polar surface area (TPSA) is 49.4 Å². The van der Waals surface area contributed by atoms with Gasteiger partial charge in [0.15, 0.2) is 0 Å². The van der Waals surface area contributed by atoms with Crippen LogP contribution in [0.2, 0.25) is 0 Å². The van der Waals surface area contributed by atoms with Crippen molar-refractivity contribution in [2.24, 2.45) is 5.92 Å². The van der Waals surface area contributed by atoms with Gasteiger partial charge in [-0.1, -0.05) is 54.3 Å². The van der Waals surface area contributed by atoms with E-state index in [-0.39, 0.29) is 29.8 Å². The van der Waals surface area contributed by atoms with E-state index in [0.717, 1.165) is 22.9 Å². The van der Waals surface area contributed by atoms with Gasteiger partial charge < -0.3 is 10.2 Å². The van der Waals surface area contributed by atoms with Crippen LogP contribution in [0.25, 0.3) is 10.8 Å². The minimum atomic E-state index is -4.42. The molecule has 1 heterocycles. The van der Waals surface area contributed by atoms with Crippen LogP contribution in [0.4, 0.5) is 13.2 Å². The molecule has 4 nitrogen and oxygen atoms in total. The van der Waals surface area contributed by atoms with Crippen molar-refractivity contribution in [2.45, 2.75) is 19.0 Å². The number of piperidine rings is 1. The summed E-state index contributed by atoms with van der Waals surface area (Å²) in [6.45, 7) is 1.01. The third kappa shape index (κ3) is 5.40. The second kappa shape index (κ2) is 10.0. The van der Waals surface area contributed by atoms with Crippen molar-refractivity contribution in [3.63, 3.8) is 0 Å². The summed E-state index contributed by atoms with van der Waals surface area (Å²) in [5, 5.41) is 4.65. The van der Waals surface area contributed by atoms with Crippen LogP contribution >= 0.6 is 0 Å². The monoisotopic (exact) mass is 464 g/mol. The highest BCUT2D eigenvalue weighted by Crippen LogP contribution is 2.29. The standard InChI is InChI=1S/C27H23F3N2O2/c28-27(29,30)22-10-3-6-19(18-22)7-5-15-31-25(33)21-13-16-32(17-14-21)26(34)24-12-4-9-20-8-1-2-11-23(20)24/h1-4,6,8-12,18,21H,13-17H2,(H,31,33). The van der Waals surface area contributed by atoms with Gasteiger partial charge in [-0.25, -0.2) is 0 Å². The van der Waals surface area contributed by atoms with E-state index in [2.05, 4.69) is 17.2 Å². The molecule has 2 amide bonds. The van der Waals surface area contributed by atoms with Gasteiger partial charge in [0.2, 0.25) is 5.91 Å². The number of hydrogen-bond acceptors (Lipinski definition) is 2. The fraction of sp³-hybridized carbons (Fsp3) is 0.259. The lowest BCUT2D eigenvalue weighted by Gasteiger charge is -2.31. The van der Waals surface area contributed by atoms with E-state index < -0.39 is 11.7 Å². The molecule has 0 unspecified atom stereocenters. The molecule has 0 aliphatic carbocycles. The van der Waals surface area contributed by atoms with Gasteiger partial charge in [-0.2, -0.15) is 13.2 Å². The quantitative estimate of drug-likeness (QED) is 0.562. The van der Waals surface area contributed by atoms with Gasteiger partial charge >= 0.3 is 6.18 Å². The Bertz CT molecular complexity index is 1260. The van der Waals surface area contributed by atoms with Crippen LogP contribution < -0.4 is 5.32 Å². The average molecular weight is 464 g/mol. The smallest absolute Gasteiger partial charge is 0.345 e. The Hall–Kier alpha value is -3.79. The third-order valence-electron chi connectivity index (χ3n) is 5.95. The highest BCUT2D eigenvalue weighted by atomic mass is 19.4. The number of carbonyl (C=O) groups is 2. The predicted molar refractivity (Wildman–Crippen MR) is 124 cm³/mol. The van der Waals surface area contributed by atoms with Crippen LogP contribution in [-0.2, 0) is 11.0 Å². The number of likely N-dealkylation sites (tertiary alicyclic amines) is 1. The number of carbonyl (C=O) groups excluding carboxylic acids is 2. The molecule has 7 heteroatoms. The SMILES string of the molecule is O=C(NCC#Cc1cccc(C(F)(F)F)c1)C1CCN(C(=O)c2cccc3ccccc23)CC1. The molecule has 1 aliphatic heterocycles. The summed E-state index contributed by atoms with van der Waals surface area (Å²) in [6, 6.07) is 18.2. The minimum absolute atomic E-state index is 0.0392. The highest BCUT2D eigenvalue weighted by Gasteiger charge is 2.30. The Balaban J connectivity index is 1.29. The highest BCUT2D eigenvalue weighted by molar-refractivity contribution is 6.07. The summed E-state index contributed by atoms with van der Waals surface area (Å²) >= 11 is 0. The predicted octanol–water partition coefficient (Wildman–Crippen LogP) is 4.88. The van der Waals surface area contributed by atoms with Crippen LogP contribution in [0.5, 0.6) is 0 Å². The first-order chi connectivity index (χ1) is 16.3. The summed E-state index contributed by atoms with van der Waals surface area (Å²) in [5.74, 6) is 4.93. The maximum absolute atomic E-state index is 13.1. The zero-order valence-corrected chi connectivity index (χ0v) is 18.4. The summed E-state index contributed by atoms with van der Waals surface area (Å²) < 4.78 is 38.3. The fourth-order valence-electron chi connectivity index (χ4n) is 4.12. The summed E-state index contributed by atoms with van der Waals surface area (Å²) in [7, 11) is 0. The van der Waals surface area contributed by atoms with Gasteiger partial charge in [0.25, 0.3) is 5.91 Å². The second-order valence-electron chi connectivity index (χ2n) is 8.19. The number of rotatable bonds is 3. The molecule has 0 bridgehead atoms. The first kappa shape index (κ1) is 23.4. The number of amides is 2. The van der Waals surface area contributed by atoms with E-state index in [9.17, 15) is 22.8 Å². The van der Waals surface area contributed by atoms with Crippen molar-refractivity contribution in [3.8, 4) is 11.8 Å². The van der Waals surface area contributed by atoms with Crippen LogP contribution in [0.3, 0.4) is 0 Å². The number of alkyl halides is 3. The number of hydrogen-bond donors (Lipinski definition) is 1. The molecule has 0 saturated carbocycles. The van der Waals surface area contributed by atoms with Gasteiger partial charge in [-0.15, -0.1) is 0 Å². The van der Waals surface area contributed by atoms with Crippen molar-refractivity contribution in [1.82, 2.24) is 10.2 Å². The van der Waals surface area contributed by atoms with Crippen LogP contribution in [0.1, 0.15) is 34.3 Å². The third-order valence-corrected chi connectivity index (χ3v) is 5.95. The normalized spacial score (nSPS) is 14.4. The number of halogens is 3. The van der Waals surface area contributed by atoms with Gasteiger partial charge in [0.1, 0.15) is 0 Å². The van der Waals surface area contributed by atoms with E-state index in [4.69, 9.17) is 0 Å². The lowest BCUT2D eigenvalue weighted by atomic mass is 9.95. The van der Waals surface area contributed by atoms with E-state index >= 15 is 0 Å². The molecule has 0 spiro atoms. The molecule has 4 rings (SSSR count). The molecule has 3 aromatic rings. The van der Waals surface area contributed by atoms with Crippen molar-refractivity contribution in [1.29, 1.82) is 0 Å². The van der Waals surface area contributed by atoms with Gasteiger partial charge in [0, 0.05) is 30.1 Å². The Morgan fingerprint density at radius 1 is 0.971 bits per heavy atom. The Morgan fingerprint density at radius 2 is 1.68 bits per heavy atom. The summed E-state index contributed by atoms with van der Waals surface area (Å²) in [4.78, 5) is 27.3. The van der Waals surface area contributed by atoms with E-state index in [1.54, 1.807) is 4.90 Å². The molecule has 1 saturated heterocycles. The van der Waals surface area contributed by atoms with Gasteiger partial charge in [-0.3, -0.25) is 9.59 Å². The molecule has 1 fully saturated rings. The molecule has 1 aliphatic rings. The molecule has 3 aromatic carbocycles. The van der Waals surface area contributed by atoms with Crippen LogP contribution in [0, 0.1) is 17.8 Å². The first-order valence-electron chi connectivity index (χ1n) is 11.0. The van der Waals surface area contributed by atoms with Crippen LogP contribution in [0.15, 0.2) is 66.7 Å². The Labute approximate surface area is 195 Å². The van der Waals surface area contributed by atoms with Gasteiger partial charge in [-0.05, 0) is 47.9 Å². The van der Waals surface area contributed by atoms with Gasteiger partial charge in [0.05, 0.1) is 12.1 Å². The van der Waals surface area contributed by atoms with Crippen molar-refractivity contribution < 1.29 is 22.8 Å². The molecule has 34 heavy (non-hydrogen) atoms.